The summed E-state index contributed by atoms with van der Waals surface area (Å²) in [6, 6.07) is 4.07. The Morgan fingerprint density at radius 2 is 2.00 bits per heavy atom. The molecule has 0 fully saturated rings. The third-order valence-corrected chi connectivity index (χ3v) is 3.45. The summed E-state index contributed by atoms with van der Waals surface area (Å²) in [4.78, 5) is 35.3. The van der Waals surface area contributed by atoms with Crippen LogP contribution in [0.25, 0.3) is 0 Å². The van der Waals surface area contributed by atoms with Gasteiger partial charge in [-0.05, 0) is 32.4 Å². The lowest BCUT2D eigenvalue weighted by Crippen LogP contribution is -2.35. The predicted octanol–water partition coefficient (Wildman–Crippen LogP) is 3.12. The summed E-state index contributed by atoms with van der Waals surface area (Å²) >= 11 is 6.02. The number of nitrogens with one attached hydrogen (secondary N) is 1. The fraction of sp³-hybridized carbons (Fsp3) is 0.500. The molecule has 0 aliphatic carbocycles. The summed E-state index contributed by atoms with van der Waals surface area (Å²) in [6.45, 7) is 5.49. The highest BCUT2D eigenvalue weighted by molar-refractivity contribution is 6.31. The number of alkyl carbamates (subject to hydrolysis) is 1. The number of carbonyl (C=O) groups excluding carboxylic acids is 2. The second-order valence-electron chi connectivity index (χ2n) is 6.46. The summed E-state index contributed by atoms with van der Waals surface area (Å²) in [6.07, 6.45) is -0.521. The predicted molar refractivity (Wildman–Crippen MR) is 93.4 cm³/mol. The van der Waals surface area contributed by atoms with Crippen molar-refractivity contribution in [2.75, 3.05) is 13.6 Å². The van der Waals surface area contributed by atoms with Gasteiger partial charge in [-0.1, -0.05) is 11.6 Å². The molecule has 1 N–H and O–H groups in total. The molecule has 1 aromatic rings. The van der Waals surface area contributed by atoms with E-state index in [0.717, 1.165) is 0 Å². The van der Waals surface area contributed by atoms with E-state index >= 15 is 0 Å². The van der Waals surface area contributed by atoms with E-state index in [0.29, 0.717) is 10.6 Å². The molecule has 0 bridgehead atoms. The number of carbonyl (C=O) groups is 2. The molecule has 25 heavy (non-hydrogen) atoms. The quantitative estimate of drug-likeness (QED) is 0.611. The molecule has 1 aromatic carbocycles. The minimum atomic E-state index is -0.607. The first-order valence-corrected chi connectivity index (χ1v) is 8.01. The van der Waals surface area contributed by atoms with Crippen LogP contribution >= 0.6 is 11.6 Å². The Hall–Kier alpha value is -2.35. The van der Waals surface area contributed by atoms with Gasteiger partial charge >= 0.3 is 6.09 Å². The van der Waals surface area contributed by atoms with Gasteiger partial charge in [0.1, 0.15) is 5.60 Å². The number of non-ortho nitro benzene ring substituents is 1. The van der Waals surface area contributed by atoms with Crippen LogP contribution in [-0.2, 0) is 16.1 Å². The van der Waals surface area contributed by atoms with Crippen molar-refractivity contribution in [2.45, 2.75) is 39.3 Å². The Morgan fingerprint density at radius 1 is 1.36 bits per heavy atom. The average Bonchev–Trinajstić information content (AvgIpc) is 2.47. The summed E-state index contributed by atoms with van der Waals surface area (Å²) in [5.74, 6) is -0.237. The fourth-order valence-electron chi connectivity index (χ4n) is 1.92. The van der Waals surface area contributed by atoms with Gasteiger partial charge in [-0.25, -0.2) is 4.79 Å². The van der Waals surface area contributed by atoms with Crippen molar-refractivity contribution >= 4 is 29.3 Å². The first-order valence-electron chi connectivity index (χ1n) is 7.63. The van der Waals surface area contributed by atoms with Crippen LogP contribution in [-0.4, -0.2) is 41.0 Å². The maximum atomic E-state index is 12.1. The van der Waals surface area contributed by atoms with Gasteiger partial charge in [0.2, 0.25) is 5.91 Å². The lowest BCUT2D eigenvalue weighted by molar-refractivity contribution is -0.384. The molecule has 0 aliphatic heterocycles. The Kier molecular flexibility index (Phi) is 7.17. The minimum absolute atomic E-state index is 0.0717. The third-order valence-electron chi connectivity index (χ3n) is 3.08. The largest absolute Gasteiger partial charge is 0.444 e. The number of nitrogens with zero attached hydrogens (tertiary/aromatic N) is 2. The Bertz CT molecular complexity index is 658. The number of nitro benzene ring substituents is 1. The van der Waals surface area contributed by atoms with Gasteiger partial charge in [0.25, 0.3) is 5.69 Å². The standard InChI is InChI=1S/C16H22ClN3O5/c1-16(2,3)25-15(22)18-8-7-14(21)19(4)10-11-9-12(20(23)24)5-6-13(11)17/h5-6,9H,7-8,10H2,1-4H3,(H,18,22). The molecule has 2 amide bonds. The lowest BCUT2D eigenvalue weighted by atomic mass is 10.2. The van der Waals surface area contributed by atoms with Crippen LogP contribution in [0.3, 0.4) is 0 Å². The molecule has 1 rings (SSSR count). The normalized spacial score (nSPS) is 10.9. The Balaban J connectivity index is 2.54. The molecule has 9 heteroatoms. The van der Waals surface area contributed by atoms with E-state index in [1.807, 2.05) is 0 Å². The van der Waals surface area contributed by atoms with Crippen LogP contribution in [0.5, 0.6) is 0 Å². The maximum Gasteiger partial charge on any atom is 0.407 e. The number of ether oxygens (including phenoxy) is 1. The zero-order valence-corrected chi connectivity index (χ0v) is 15.4. The summed E-state index contributed by atoms with van der Waals surface area (Å²) < 4.78 is 5.07. The van der Waals surface area contributed by atoms with Crippen molar-refractivity contribution < 1.29 is 19.2 Å². The number of rotatable bonds is 6. The van der Waals surface area contributed by atoms with Gasteiger partial charge in [-0.2, -0.15) is 0 Å². The van der Waals surface area contributed by atoms with Crippen molar-refractivity contribution in [3.8, 4) is 0 Å². The number of benzene rings is 1. The SMILES string of the molecule is CN(Cc1cc([N+](=O)[O-])ccc1Cl)C(=O)CCNC(=O)OC(C)(C)C. The fourth-order valence-corrected chi connectivity index (χ4v) is 2.09. The van der Waals surface area contributed by atoms with Gasteiger partial charge < -0.3 is 15.0 Å². The second kappa shape index (κ2) is 8.66. The van der Waals surface area contributed by atoms with Crippen molar-refractivity contribution in [1.82, 2.24) is 10.2 Å². The van der Waals surface area contributed by atoms with E-state index in [-0.39, 0.29) is 31.1 Å². The van der Waals surface area contributed by atoms with Crippen LogP contribution in [0.15, 0.2) is 18.2 Å². The molecule has 0 unspecified atom stereocenters. The van der Waals surface area contributed by atoms with E-state index in [9.17, 15) is 19.7 Å². The maximum absolute atomic E-state index is 12.1. The molecular weight excluding hydrogens is 350 g/mol. The highest BCUT2D eigenvalue weighted by atomic mass is 35.5. The Morgan fingerprint density at radius 3 is 2.56 bits per heavy atom. The third kappa shape index (κ3) is 7.38. The van der Waals surface area contributed by atoms with Gasteiger partial charge in [-0.15, -0.1) is 0 Å². The molecule has 0 aliphatic rings. The average molecular weight is 372 g/mol. The first kappa shape index (κ1) is 20.7. The summed E-state index contributed by atoms with van der Waals surface area (Å²) in [7, 11) is 1.56. The van der Waals surface area contributed by atoms with Crippen molar-refractivity contribution in [3.05, 3.63) is 38.9 Å². The lowest BCUT2D eigenvalue weighted by Gasteiger charge is -2.20. The smallest absolute Gasteiger partial charge is 0.407 e. The second-order valence-corrected chi connectivity index (χ2v) is 6.87. The molecule has 8 nitrogen and oxygen atoms in total. The van der Waals surface area contributed by atoms with E-state index in [1.54, 1.807) is 27.8 Å². The molecule has 0 spiro atoms. The number of hydrogen-bond donors (Lipinski definition) is 1. The van der Waals surface area contributed by atoms with Crippen LogP contribution < -0.4 is 5.32 Å². The van der Waals surface area contributed by atoms with Gasteiger partial charge in [0.05, 0.1) is 4.92 Å². The summed E-state index contributed by atoms with van der Waals surface area (Å²) in [5.41, 5.74) is -0.220. The number of halogens is 1. The molecule has 0 atom stereocenters. The molecule has 0 heterocycles. The van der Waals surface area contributed by atoms with Gasteiger partial charge in [0.15, 0.2) is 0 Å². The number of amides is 2. The molecule has 0 radical (unpaired) electrons. The van der Waals surface area contributed by atoms with Crippen molar-refractivity contribution in [3.63, 3.8) is 0 Å². The van der Waals surface area contributed by atoms with Crippen LogP contribution in [0.2, 0.25) is 5.02 Å². The van der Waals surface area contributed by atoms with Gasteiger partial charge in [0, 0.05) is 43.7 Å². The van der Waals surface area contributed by atoms with Crippen LogP contribution in [0.1, 0.15) is 32.8 Å². The molecule has 0 saturated carbocycles. The number of nitro groups is 1. The zero-order chi connectivity index (χ0) is 19.2. The molecule has 138 valence electrons. The number of hydrogen-bond acceptors (Lipinski definition) is 5. The van der Waals surface area contributed by atoms with Gasteiger partial charge in [-0.3, -0.25) is 14.9 Å². The monoisotopic (exact) mass is 371 g/mol. The van der Waals surface area contributed by atoms with E-state index < -0.39 is 16.6 Å². The van der Waals surface area contributed by atoms with E-state index in [2.05, 4.69) is 5.32 Å². The zero-order valence-electron chi connectivity index (χ0n) is 14.7. The Labute approximate surface area is 151 Å². The minimum Gasteiger partial charge on any atom is -0.444 e. The highest BCUT2D eigenvalue weighted by Crippen LogP contribution is 2.23. The summed E-state index contributed by atoms with van der Waals surface area (Å²) in [5, 5.41) is 13.7. The van der Waals surface area contributed by atoms with Crippen molar-refractivity contribution in [2.24, 2.45) is 0 Å². The molecule has 0 aromatic heterocycles. The van der Waals surface area contributed by atoms with Crippen LogP contribution in [0, 0.1) is 10.1 Å². The van der Waals surface area contributed by atoms with E-state index in [4.69, 9.17) is 16.3 Å². The highest BCUT2D eigenvalue weighted by Gasteiger charge is 2.17. The molecule has 0 saturated heterocycles. The first-order chi connectivity index (χ1) is 11.5. The molecular formula is C16H22ClN3O5. The van der Waals surface area contributed by atoms with Crippen LogP contribution in [0.4, 0.5) is 10.5 Å². The van der Waals surface area contributed by atoms with Crippen molar-refractivity contribution in [1.29, 1.82) is 0 Å². The van der Waals surface area contributed by atoms with E-state index in [1.165, 1.54) is 23.1 Å². The topological polar surface area (TPSA) is 102 Å².